The van der Waals surface area contributed by atoms with Crippen molar-refractivity contribution in [3.05, 3.63) is 65.7 Å². The van der Waals surface area contributed by atoms with Gasteiger partial charge in [-0.1, -0.05) is 36.4 Å². The molecule has 4 rings (SSSR count). The number of aliphatic imine (C=N–C) groups is 1. The van der Waals surface area contributed by atoms with Crippen LogP contribution in [0.5, 0.6) is 11.5 Å². The Balaban J connectivity index is 0.00000306. The molecule has 1 fully saturated rings. The highest BCUT2D eigenvalue weighted by Gasteiger charge is 2.20. The van der Waals surface area contributed by atoms with E-state index in [9.17, 15) is 0 Å². The molecular formula is C26H35IN4O2. The number of benzene rings is 2. The molecule has 1 aliphatic carbocycles. The molecule has 0 unspecified atom stereocenters. The van der Waals surface area contributed by atoms with Gasteiger partial charge in [0.1, 0.15) is 0 Å². The molecule has 2 aromatic rings. The van der Waals surface area contributed by atoms with Crippen LogP contribution < -0.4 is 25.0 Å². The van der Waals surface area contributed by atoms with Gasteiger partial charge >= 0.3 is 0 Å². The second-order valence-corrected chi connectivity index (χ2v) is 8.30. The van der Waals surface area contributed by atoms with Crippen LogP contribution in [0.2, 0.25) is 0 Å². The van der Waals surface area contributed by atoms with Crippen molar-refractivity contribution in [1.29, 1.82) is 0 Å². The number of nitrogens with one attached hydrogen (secondary N) is 2. The van der Waals surface area contributed by atoms with Crippen LogP contribution in [-0.2, 0) is 13.1 Å². The summed E-state index contributed by atoms with van der Waals surface area (Å²) in [6, 6.07) is 14.7. The zero-order chi connectivity index (χ0) is 22.2. The quantitative estimate of drug-likeness (QED) is 0.208. The van der Waals surface area contributed by atoms with Gasteiger partial charge in [0.2, 0.25) is 0 Å². The van der Waals surface area contributed by atoms with Crippen molar-refractivity contribution in [3.8, 4) is 11.5 Å². The van der Waals surface area contributed by atoms with Gasteiger partial charge < -0.3 is 25.0 Å². The number of para-hydroxylation sites is 1. The largest absolute Gasteiger partial charge is 0.493 e. The molecule has 0 bridgehead atoms. The first-order valence-electron chi connectivity index (χ1n) is 11.5. The van der Waals surface area contributed by atoms with Crippen molar-refractivity contribution < 1.29 is 9.47 Å². The Kier molecular flexibility index (Phi) is 9.72. The number of hydrogen-bond donors (Lipinski definition) is 2. The molecule has 1 aliphatic heterocycles. The Morgan fingerprint density at radius 1 is 1.03 bits per heavy atom. The van der Waals surface area contributed by atoms with E-state index in [4.69, 9.17) is 9.47 Å². The standard InChI is InChI=1S/C26H34N4O2.HI/c1-27-26(28-18-20-9-7-11-22(17-20)30-15-5-6-16-30)29-19-21-10-8-14-24(31-2)25(21)32-23-12-3-4-13-23;/h5-11,14,17,23H,3-4,12-13,15-16,18-19H2,1-2H3,(H2,27,28,29);1H. The van der Waals surface area contributed by atoms with Gasteiger partial charge in [0.25, 0.3) is 0 Å². The maximum Gasteiger partial charge on any atom is 0.191 e. The SMILES string of the molecule is CN=C(NCc1cccc(N2CC=CC2)c1)NCc1cccc(OC)c1OC1CCCC1.I. The summed E-state index contributed by atoms with van der Waals surface area (Å²) in [5.74, 6) is 2.39. The van der Waals surface area contributed by atoms with Crippen molar-refractivity contribution >= 4 is 35.6 Å². The first-order valence-corrected chi connectivity index (χ1v) is 11.5. The monoisotopic (exact) mass is 562 g/mol. The van der Waals surface area contributed by atoms with Gasteiger partial charge in [0.15, 0.2) is 17.5 Å². The predicted molar refractivity (Wildman–Crippen MR) is 146 cm³/mol. The lowest BCUT2D eigenvalue weighted by Crippen LogP contribution is -2.36. The van der Waals surface area contributed by atoms with E-state index in [0.29, 0.717) is 13.1 Å². The van der Waals surface area contributed by atoms with E-state index >= 15 is 0 Å². The van der Waals surface area contributed by atoms with Gasteiger partial charge in [0, 0.05) is 44.5 Å². The van der Waals surface area contributed by atoms with Gasteiger partial charge in [0.05, 0.1) is 13.2 Å². The third-order valence-electron chi connectivity index (χ3n) is 6.09. The van der Waals surface area contributed by atoms with Crippen molar-refractivity contribution in [2.24, 2.45) is 4.99 Å². The molecule has 2 N–H and O–H groups in total. The highest BCUT2D eigenvalue weighted by Crippen LogP contribution is 2.34. The van der Waals surface area contributed by atoms with Crippen molar-refractivity contribution in [2.75, 3.05) is 32.1 Å². The number of anilines is 1. The summed E-state index contributed by atoms with van der Waals surface area (Å²) in [6.45, 7) is 3.27. The third kappa shape index (κ3) is 6.79. The zero-order valence-corrected chi connectivity index (χ0v) is 21.9. The topological polar surface area (TPSA) is 58.1 Å². The molecule has 7 heteroatoms. The summed E-state index contributed by atoms with van der Waals surface area (Å²) in [5.41, 5.74) is 3.55. The lowest BCUT2D eigenvalue weighted by atomic mass is 10.1. The molecule has 2 aromatic carbocycles. The summed E-state index contributed by atoms with van der Waals surface area (Å²) >= 11 is 0. The second kappa shape index (κ2) is 12.7. The van der Waals surface area contributed by atoms with Crippen LogP contribution in [0, 0.1) is 0 Å². The molecule has 2 aliphatic rings. The maximum absolute atomic E-state index is 6.35. The average Bonchev–Trinajstić information content (AvgIpc) is 3.55. The Morgan fingerprint density at radius 2 is 1.76 bits per heavy atom. The number of halogens is 1. The molecule has 0 aromatic heterocycles. The molecule has 178 valence electrons. The molecule has 0 radical (unpaired) electrons. The second-order valence-electron chi connectivity index (χ2n) is 8.30. The molecule has 0 saturated heterocycles. The predicted octanol–water partition coefficient (Wildman–Crippen LogP) is 4.88. The van der Waals surface area contributed by atoms with Gasteiger partial charge in [-0.3, -0.25) is 4.99 Å². The summed E-state index contributed by atoms with van der Waals surface area (Å²) in [6.07, 6.45) is 9.39. The normalized spacial score (nSPS) is 15.9. The van der Waals surface area contributed by atoms with Crippen molar-refractivity contribution in [2.45, 2.75) is 44.9 Å². The number of nitrogens with zero attached hydrogens (tertiary/aromatic N) is 2. The molecule has 1 saturated carbocycles. The minimum Gasteiger partial charge on any atom is -0.493 e. The fraction of sp³-hybridized carbons (Fsp3) is 0.423. The van der Waals surface area contributed by atoms with E-state index < -0.39 is 0 Å². The lowest BCUT2D eigenvalue weighted by molar-refractivity contribution is 0.198. The summed E-state index contributed by atoms with van der Waals surface area (Å²) in [5, 5.41) is 6.85. The third-order valence-corrected chi connectivity index (χ3v) is 6.09. The highest BCUT2D eigenvalue weighted by molar-refractivity contribution is 14.0. The number of ether oxygens (including phenoxy) is 2. The Labute approximate surface area is 214 Å². The Hall–Kier alpha value is -2.42. The molecule has 0 atom stereocenters. The summed E-state index contributed by atoms with van der Waals surface area (Å²) in [7, 11) is 3.49. The van der Waals surface area contributed by atoms with E-state index in [1.807, 2.05) is 12.1 Å². The fourth-order valence-corrected chi connectivity index (χ4v) is 4.31. The molecule has 6 nitrogen and oxygen atoms in total. The Bertz CT molecular complexity index is 949. The van der Waals surface area contributed by atoms with Crippen LogP contribution >= 0.6 is 24.0 Å². The van der Waals surface area contributed by atoms with Crippen LogP contribution in [-0.4, -0.2) is 39.3 Å². The molecule has 33 heavy (non-hydrogen) atoms. The molecule has 0 spiro atoms. The fourth-order valence-electron chi connectivity index (χ4n) is 4.31. The van der Waals surface area contributed by atoms with E-state index in [0.717, 1.165) is 49.0 Å². The van der Waals surface area contributed by atoms with Gasteiger partial charge in [-0.25, -0.2) is 0 Å². The van der Waals surface area contributed by atoms with Crippen LogP contribution in [0.4, 0.5) is 5.69 Å². The van der Waals surface area contributed by atoms with Crippen molar-refractivity contribution in [3.63, 3.8) is 0 Å². The number of hydrogen-bond acceptors (Lipinski definition) is 4. The molecular weight excluding hydrogens is 527 g/mol. The Morgan fingerprint density at radius 3 is 2.48 bits per heavy atom. The van der Waals surface area contributed by atoms with Gasteiger partial charge in [-0.2, -0.15) is 0 Å². The molecule has 0 amide bonds. The summed E-state index contributed by atoms with van der Waals surface area (Å²) in [4.78, 5) is 6.75. The van der Waals surface area contributed by atoms with Crippen LogP contribution in [0.3, 0.4) is 0 Å². The smallest absolute Gasteiger partial charge is 0.191 e. The number of rotatable bonds is 8. The zero-order valence-electron chi connectivity index (χ0n) is 19.5. The number of guanidine groups is 1. The summed E-state index contributed by atoms with van der Waals surface area (Å²) < 4.78 is 11.9. The average molecular weight is 562 g/mol. The van der Waals surface area contributed by atoms with Gasteiger partial charge in [-0.05, 0) is 49.4 Å². The van der Waals surface area contributed by atoms with Crippen molar-refractivity contribution in [1.82, 2.24) is 10.6 Å². The minimum atomic E-state index is 0. The van der Waals surface area contributed by atoms with E-state index in [1.54, 1.807) is 14.2 Å². The number of methoxy groups -OCH3 is 1. The maximum atomic E-state index is 6.35. The van der Waals surface area contributed by atoms with E-state index in [1.165, 1.54) is 24.1 Å². The van der Waals surface area contributed by atoms with Crippen LogP contribution in [0.15, 0.2) is 59.6 Å². The van der Waals surface area contributed by atoms with Crippen LogP contribution in [0.25, 0.3) is 0 Å². The van der Waals surface area contributed by atoms with E-state index in [2.05, 4.69) is 63.0 Å². The lowest BCUT2D eigenvalue weighted by Gasteiger charge is -2.20. The van der Waals surface area contributed by atoms with E-state index in [-0.39, 0.29) is 30.1 Å². The first-order chi connectivity index (χ1) is 15.8. The highest BCUT2D eigenvalue weighted by atomic mass is 127. The van der Waals surface area contributed by atoms with Crippen LogP contribution in [0.1, 0.15) is 36.8 Å². The minimum absolute atomic E-state index is 0. The van der Waals surface area contributed by atoms with Gasteiger partial charge in [-0.15, -0.1) is 24.0 Å². The first kappa shape index (κ1) is 25.2. The molecule has 1 heterocycles.